The van der Waals surface area contributed by atoms with Gasteiger partial charge in [0.1, 0.15) is 6.23 Å². The Bertz CT molecular complexity index is 1310. The largest absolute Gasteiger partial charge is 0.376 e. The van der Waals surface area contributed by atoms with Crippen LogP contribution in [0.25, 0.3) is 0 Å². The van der Waals surface area contributed by atoms with Gasteiger partial charge in [-0.1, -0.05) is 68.2 Å². The highest BCUT2D eigenvalue weighted by atomic mass is 35.5. The third-order valence-corrected chi connectivity index (χ3v) is 8.37. The van der Waals surface area contributed by atoms with Crippen molar-refractivity contribution >= 4 is 46.6 Å². The molecular formula is C31H42Cl2FN5O4. The maximum atomic E-state index is 14.6. The van der Waals surface area contributed by atoms with Crippen LogP contribution in [0.5, 0.6) is 0 Å². The first-order valence-corrected chi connectivity index (χ1v) is 15.2. The molecule has 43 heavy (non-hydrogen) atoms. The number of carbonyl (C=O) groups is 3. The molecule has 0 radical (unpaired) electrons. The van der Waals surface area contributed by atoms with E-state index in [1.165, 1.54) is 12.1 Å². The molecule has 0 aliphatic carbocycles. The molecular weight excluding hydrogens is 596 g/mol. The fraction of sp³-hybridized carbons (Fsp3) is 0.516. The predicted molar refractivity (Wildman–Crippen MR) is 167 cm³/mol. The van der Waals surface area contributed by atoms with Crippen molar-refractivity contribution in [3.05, 3.63) is 63.4 Å². The van der Waals surface area contributed by atoms with Crippen LogP contribution in [0.3, 0.4) is 0 Å². The highest BCUT2D eigenvalue weighted by Gasteiger charge is 2.36. The zero-order chi connectivity index (χ0) is 31.9. The first-order chi connectivity index (χ1) is 20.2. The Labute approximate surface area is 262 Å². The van der Waals surface area contributed by atoms with Gasteiger partial charge in [0.2, 0.25) is 17.7 Å². The normalized spacial score (nSPS) is 16.3. The molecule has 3 rings (SSSR count). The summed E-state index contributed by atoms with van der Waals surface area (Å²) in [6.07, 6.45) is -0.0223. The second-order valence-corrected chi connectivity index (χ2v) is 12.9. The second-order valence-electron chi connectivity index (χ2n) is 12.1. The summed E-state index contributed by atoms with van der Waals surface area (Å²) in [5, 5.41) is 16.4. The van der Waals surface area contributed by atoms with Crippen molar-refractivity contribution in [2.75, 3.05) is 25.5 Å². The second kappa shape index (κ2) is 15.3. The van der Waals surface area contributed by atoms with Crippen molar-refractivity contribution in [1.82, 2.24) is 15.1 Å². The summed E-state index contributed by atoms with van der Waals surface area (Å²) in [4.78, 5) is 42.6. The topological polar surface area (TPSA) is 128 Å². The number of halogens is 3. The molecule has 12 heteroatoms. The summed E-state index contributed by atoms with van der Waals surface area (Å²) in [5.41, 5.74) is 7.57. The molecule has 0 bridgehead atoms. The summed E-state index contributed by atoms with van der Waals surface area (Å²) < 4.78 is 14.6. The number of benzene rings is 2. The van der Waals surface area contributed by atoms with Crippen molar-refractivity contribution in [3.63, 3.8) is 0 Å². The van der Waals surface area contributed by atoms with Gasteiger partial charge >= 0.3 is 0 Å². The average Bonchev–Trinajstić information content (AvgIpc) is 2.97. The van der Waals surface area contributed by atoms with Crippen molar-refractivity contribution in [1.29, 1.82) is 0 Å². The number of aliphatic hydroxyl groups is 1. The lowest BCUT2D eigenvalue weighted by atomic mass is 9.92. The summed E-state index contributed by atoms with van der Waals surface area (Å²) in [6, 6.07) is 8.53. The molecule has 1 unspecified atom stereocenters. The highest BCUT2D eigenvalue weighted by molar-refractivity contribution is 6.42. The zero-order valence-electron chi connectivity index (χ0n) is 25.1. The summed E-state index contributed by atoms with van der Waals surface area (Å²) >= 11 is 11.7. The lowest BCUT2D eigenvalue weighted by Gasteiger charge is -2.40. The number of nitrogens with zero attached hydrogens (tertiary/aromatic N) is 2. The number of nitrogens with two attached hydrogens (primary N) is 1. The molecule has 2 aromatic rings. The lowest BCUT2D eigenvalue weighted by molar-refractivity contribution is -0.141. The lowest BCUT2D eigenvalue weighted by Crippen LogP contribution is -2.58. The number of carbonyl (C=O) groups excluding carboxylic acids is 3. The van der Waals surface area contributed by atoms with E-state index in [0.29, 0.717) is 13.0 Å². The summed E-state index contributed by atoms with van der Waals surface area (Å²) in [7, 11) is 1.73. The molecule has 0 saturated heterocycles. The molecule has 3 atom stereocenters. The van der Waals surface area contributed by atoms with Crippen LogP contribution < -0.4 is 16.4 Å². The van der Waals surface area contributed by atoms with Crippen molar-refractivity contribution < 1.29 is 23.9 Å². The summed E-state index contributed by atoms with van der Waals surface area (Å²) in [5.74, 6) is -1.93. The molecule has 5 N–H and O–H groups in total. The van der Waals surface area contributed by atoms with E-state index in [-0.39, 0.29) is 65.3 Å². The van der Waals surface area contributed by atoms with Crippen LogP contribution in [0.2, 0.25) is 10.0 Å². The third kappa shape index (κ3) is 9.61. The Morgan fingerprint density at radius 1 is 1.14 bits per heavy atom. The standard InChI is InChI=1S/C31H42Cl2FN5O4/c1-31(2,3)14-16-38(4)25(40)11-12-26(41)39-18-20-8-6-5-7-19(20)17-24(39)30(43)37-23(13-15-35)29(42)36-22-10-9-21(32)27(33)28(22)34/h5-10,23-24,30,37,43H,11-18,35H2,1-4H3,(H,36,42)/t23-,24-,30?/m0/s1. The van der Waals surface area contributed by atoms with Gasteiger partial charge in [0.25, 0.3) is 0 Å². The van der Waals surface area contributed by atoms with Crippen LogP contribution in [0.15, 0.2) is 36.4 Å². The van der Waals surface area contributed by atoms with Crippen LogP contribution in [-0.4, -0.2) is 71.1 Å². The van der Waals surface area contributed by atoms with Crippen molar-refractivity contribution in [2.24, 2.45) is 11.1 Å². The molecule has 0 aromatic heterocycles. The number of nitrogens with one attached hydrogen (secondary N) is 2. The van der Waals surface area contributed by atoms with Gasteiger partial charge in [0.05, 0.1) is 27.8 Å². The average molecular weight is 639 g/mol. The minimum absolute atomic E-state index is 0.00446. The number of aliphatic hydroxyl groups excluding tert-OH is 1. The molecule has 236 valence electrons. The molecule has 9 nitrogen and oxygen atoms in total. The van der Waals surface area contributed by atoms with E-state index in [9.17, 15) is 23.9 Å². The van der Waals surface area contributed by atoms with Crippen LogP contribution in [0.1, 0.15) is 57.6 Å². The Kier molecular flexibility index (Phi) is 12.4. The van der Waals surface area contributed by atoms with Crippen LogP contribution in [0.4, 0.5) is 10.1 Å². The molecule has 3 amide bonds. The quantitative estimate of drug-likeness (QED) is 0.203. The minimum atomic E-state index is -1.33. The SMILES string of the molecule is CN(CCC(C)(C)C)C(=O)CCC(=O)N1Cc2ccccc2C[C@H]1C(O)N[C@@H](CCN)C(=O)Nc1ccc(Cl)c(Cl)c1F. The number of rotatable bonds is 12. The van der Waals surface area contributed by atoms with Crippen LogP contribution >= 0.6 is 23.2 Å². The number of anilines is 1. The van der Waals surface area contributed by atoms with Crippen molar-refractivity contribution in [3.8, 4) is 0 Å². The van der Waals surface area contributed by atoms with E-state index in [2.05, 4.69) is 31.4 Å². The van der Waals surface area contributed by atoms with Gasteiger partial charge in [0.15, 0.2) is 5.82 Å². The fourth-order valence-corrected chi connectivity index (χ4v) is 5.21. The van der Waals surface area contributed by atoms with E-state index >= 15 is 0 Å². The van der Waals surface area contributed by atoms with E-state index in [4.69, 9.17) is 28.9 Å². The Morgan fingerprint density at radius 2 is 1.81 bits per heavy atom. The first kappa shape index (κ1) is 34.7. The maximum absolute atomic E-state index is 14.6. The molecule has 0 saturated carbocycles. The zero-order valence-corrected chi connectivity index (χ0v) is 26.6. The molecule has 0 fully saturated rings. The van der Waals surface area contributed by atoms with Gasteiger partial charge in [-0.3, -0.25) is 19.7 Å². The number of hydrogen-bond acceptors (Lipinski definition) is 6. The smallest absolute Gasteiger partial charge is 0.241 e. The number of fused-ring (bicyclic) bond motifs is 1. The molecule has 1 aliphatic heterocycles. The van der Waals surface area contributed by atoms with Crippen LogP contribution in [0, 0.1) is 11.2 Å². The molecule has 1 heterocycles. The Hall–Kier alpha value is -2.76. The molecule has 2 aromatic carbocycles. The van der Waals surface area contributed by atoms with Gasteiger partial charge in [-0.15, -0.1) is 0 Å². The maximum Gasteiger partial charge on any atom is 0.241 e. The van der Waals surface area contributed by atoms with Crippen molar-refractivity contribution in [2.45, 2.75) is 77.7 Å². The fourth-order valence-electron chi connectivity index (χ4n) is 4.89. The van der Waals surface area contributed by atoms with Gasteiger partial charge in [-0.05, 0) is 54.5 Å². The first-order valence-electron chi connectivity index (χ1n) is 14.4. The number of hydrogen-bond donors (Lipinski definition) is 4. The van der Waals surface area contributed by atoms with Gasteiger partial charge in [-0.2, -0.15) is 0 Å². The van der Waals surface area contributed by atoms with Gasteiger partial charge < -0.3 is 26.0 Å². The Morgan fingerprint density at radius 3 is 2.47 bits per heavy atom. The van der Waals surface area contributed by atoms with E-state index in [1.54, 1.807) is 16.8 Å². The highest BCUT2D eigenvalue weighted by Crippen LogP contribution is 2.30. The van der Waals surface area contributed by atoms with E-state index in [0.717, 1.165) is 17.5 Å². The molecule has 0 spiro atoms. The molecule has 1 aliphatic rings. The van der Waals surface area contributed by atoms with Gasteiger partial charge in [-0.25, -0.2) is 4.39 Å². The van der Waals surface area contributed by atoms with E-state index in [1.807, 2.05) is 24.3 Å². The predicted octanol–water partition coefficient (Wildman–Crippen LogP) is 4.32. The Balaban J connectivity index is 1.73. The summed E-state index contributed by atoms with van der Waals surface area (Å²) in [6.45, 7) is 7.26. The van der Waals surface area contributed by atoms with E-state index < -0.39 is 30.0 Å². The third-order valence-electron chi connectivity index (χ3n) is 7.59. The minimum Gasteiger partial charge on any atom is -0.376 e. The number of amides is 3. The van der Waals surface area contributed by atoms with Gasteiger partial charge in [0, 0.05) is 33.0 Å². The van der Waals surface area contributed by atoms with Crippen LogP contribution in [-0.2, 0) is 27.3 Å². The monoisotopic (exact) mass is 637 g/mol.